The van der Waals surface area contributed by atoms with E-state index >= 15 is 0 Å². The standard InChI is InChI=1S/C16H15NO6/c1-6-4-7(18)11-8(19)5-10-12(15(11)22-6)14(20)13-9(23-10)2-3-17-16(13)21/h4-5,9,13,16-17,19,21H,2-3H2,1H3/t9-,13-,16+/m0/s1. The Morgan fingerprint density at radius 1 is 1.30 bits per heavy atom. The van der Waals surface area contributed by atoms with Crippen molar-refractivity contribution in [3.05, 3.63) is 33.7 Å². The SMILES string of the molecule is Cc1cc(=O)c2c(O)cc3c(c2o1)C(=O)[C@@H]1[C@H](CCN[C@@H]1O)O3. The van der Waals surface area contributed by atoms with Gasteiger partial charge in [0, 0.05) is 18.7 Å². The Hall–Kier alpha value is -2.38. The lowest BCUT2D eigenvalue weighted by molar-refractivity contribution is -0.0191. The molecular weight excluding hydrogens is 302 g/mol. The highest BCUT2D eigenvalue weighted by Crippen LogP contribution is 2.41. The van der Waals surface area contributed by atoms with Gasteiger partial charge in [-0.15, -0.1) is 0 Å². The summed E-state index contributed by atoms with van der Waals surface area (Å²) in [6, 6.07) is 2.52. The van der Waals surface area contributed by atoms with Gasteiger partial charge < -0.3 is 19.4 Å². The predicted molar refractivity (Wildman–Crippen MR) is 79.7 cm³/mol. The Morgan fingerprint density at radius 3 is 2.87 bits per heavy atom. The van der Waals surface area contributed by atoms with Gasteiger partial charge >= 0.3 is 0 Å². The van der Waals surface area contributed by atoms with Crippen molar-refractivity contribution in [2.75, 3.05) is 6.54 Å². The van der Waals surface area contributed by atoms with Gasteiger partial charge in [-0.2, -0.15) is 0 Å². The number of benzene rings is 1. The molecule has 23 heavy (non-hydrogen) atoms. The number of hydrogen-bond donors (Lipinski definition) is 3. The summed E-state index contributed by atoms with van der Waals surface area (Å²) < 4.78 is 11.3. The molecule has 0 unspecified atom stereocenters. The molecule has 3 heterocycles. The number of carbonyl (C=O) groups is 1. The first-order chi connectivity index (χ1) is 11.0. The van der Waals surface area contributed by atoms with Gasteiger partial charge in [-0.25, -0.2) is 0 Å². The largest absolute Gasteiger partial charge is 0.507 e. The number of rotatable bonds is 0. The van der Waals surface area contributed by atoms with Gasteiger partial charge in [0.25, 0.3) is 0 Å². The van der Waals surface area contributed by atoms with Crippen molar-refractivity contribution in [1.82, 2.24) is 5.32 Å². The molecule has 4 rings (SSSR count). The van der Waals surface area contributed by atoms with E-state index in [0.717, 1.165) is 0 Å². The number of phenols is 1. The first-order valence-electron chi connectivity index (χ1n) is 7.40. The molecule has 3 N–H and O–H groups in total. The molecule has 0 aliphatic carbocycles. The topological polar surface area (TPSA) is 109 Å². The van der Waals surface area contributed by atoms with Gasteiger partial charge in [-0.1, -0.05) is 0 Å². The lowest BCUT2D eigenvalue weighted by Crippen LogP contribution is -2.55. The van der Waals surface area contributed by atoms with Crippen molar-refractivity contribution in [3.8, 4) is 11.5 Å². The first-order valence-corrected chi connectivity index (χ1v) is 7.40. The van der Waals surface area contributed by atoms with Crippen molar-refractivity contribution in [2.24, 2.45) is 5.92 Å². The van der Waals surface area contributed by atoms with Crippen LogP contribution in [0.1, 0.15) is 22.5 Å². The lowest BCUT2D eigenvalue weighted by Gasteiger charge is -2.39. The van der Waals surface area contributed by atoms with Crippen LogP contribution in [0.4, 0.5) is 0 Å². The molecule has 2 aliphatic heterocycles. The van der Waals surface area contributed by atoms with E-state index in [1.165, 1.54) is 12.1 Å². The van der Waals surface area contributed by atoms with E-state index in [4.69, 9.17) is 9.15 Å². The van der Waals surface area contributed by atoms with E-state index in [2.05, 4.69) is 5.32 Å². The number of phenolic OH excluding ortho intramolecular Hbond substituents is 1. The molecule has 0 spiro atoms. The zero-order chi connectivity index (χ0) is 16.3. The number of aliphatic hydroxyl groups is 1. The van der Waals surface area contributed by atoms with Crippen molar-refractivity contribution >= 4 is 16.8 Å². The first kappa shape index (κ1) is 14.2. The molecule has 0 amide bonds. The number of nitrogens with one attached hydrogen (secondary N) is 1. The minimum Gasteiger partial charge on any atom is -0.507 e. The minimum atomic E-state index is -1.02. The van der Waals surface area contributed by atoms with E-state index in [1.807, 2.05) is 0 Å². The number of ketones is 1. The molecule has 1 aromatic carbocycles. The zero-order valence-electron chi connectivity index (χ0n) is 12.3. The van der Waals surface area contributed by atoms with Crippen LogP contribution in [-0.2, 0) is 0 Å². The Morgan fingerprint density at radius 2 is 2.09 bits per heavy atom. The summed E-state index contributed by atoms with van der Waals surface area (Å²) in [4.78, 5) is 25.0. The van der Waals surface area contributed by atoms with E-state index in [1.54, 1.807) is 6.92 Å². The number of piperidine rings is 1. The fraction of sp³-hybridized carbons (Fsp3) is 0.375. The highest BCUT2D eigenvalue weighted by atomic mass is 16.5. The van der Waals surface area contributed by atoms with Gasteiger partial charge in [-0.3, -0.25) is 14.9 Å². The van der Waals surface area contributed by atoms with Crippen LogP contribution in [-0.4, -0.2) is 34.9 Å². The van der Waals surface area contributed by atoms with Crippen LogP contribution in [0.3, 0.4) is 0 Å². The number of ether oxygens (including phenoxy) is 1. The summed E-state index contributed by atoms with van der Waals surface area (Å²) >= 11 is 0. The monoisotopic (exact) mass is 317 g/mol. The maximum atomic E-state index is 12.9. The summed E-state index contributed by atoms with van der Waals surface area (Å²) in [6.45, 7) is 2.12. The Labute approximate surface area is 130 Å². The summed E-state index contributed by atoms with van der Waals surface area (Å²) in [6.07, 6.45) is -0.932. The molecule has 120 valence electrons. The molecule has 0 bridgehead atoms. The second kappa shape index (κ2) is 4.81. The molecule has 1 saturated heterocycles. The quantitative estimate of drug-likeness (QED) is 0.655. The molecule has 7 nitrogen and oxygen atoms in total. The lowest BCUT2D eigenvalue weighted by atomic mass is 9.83. The maximum absolute atomic E-state index is 12.9. The molecule has 0 saturated carbocycles. The van der Waals surface area contributed by atoms with Gasteiger partial charge in [0.2, 0.25) is 0 Å². The number of aromatic hydroxyl groups is 1. The summed E-state index contributed by atoms with van der Waals surface area (Å²) in [5, 5.41) is 23.0. The molecule has 1 aromatic heterocycles. The summed E-state index contributed by atoms with van der Waals surface area (Å²) in [5.41, 5.74) is -0.324. The van der Waals surface area contributed by atoms with E-state index in [0.29, 0.717) is 18.7 Å². The number of fused-ring (bicyclic) bond motifs is 4. The average molecular weight is 317 g/mol. The molecule has 2 aliphatic rings. The molecule has 1 fully saturated rings. The van der Waals surface area contributed by atoms with Crippen LogP contribution in [0.25, 0.3) is 11.0 Å². The van der Waals surface area contributed by atoms with Gasteiger partial charge in [-0.05, 0) is 13.3 Å². The Kier molecular flexibility index (Phi) is 2.97. The third kappa shape index (κ3) is 1.97. The average Bonchev–Trinajstić information content (AvgIpc) is 2.45. The summed E-state index contributed by atoms with van der Waals surface area (Å²) in [5.74, 6) is -0.894. The maximum Gasteiger partial charge on any atom is 0.196 e. The fourth-order valence-corrected chi connectivity index (χ4v) is 3.39. The Bertz CT molecular complexity index is 886. The van der Waals surface area contributed by atoms with Crippen LogP contribution in [0.15, 0.2) is 21.3 Å². The van der Waals surface area contributed by atoms with Crippen molar-refractivity contribution < 1.29 is 24.2 Å². The number of aliphatic hydroxyl groups excluding tert-OH is 1. The number of hydrogen-bond acceptors (Lipinski definition) is 7. The van der Waals surface area contributed by atoms with Crippen LogP contribution >= 0.6 is 0 Å². The fourth-order valence-electron chi connectivity index (χ4n) is 3.39. The molecular formula is C16H15NO6. The minimum absolute atomic E-state index is 0.00576. The second-order valence-corrected chi connectivity index (χ2v) is 5.93. The highest BCUT2D eigenvalue weighted by molar-refractivity contribution is 6.12. The van der Waals surface area contributed by atoms with Crippen molar-refractivity contribution in [1.29, 1.82) is 0 Å². The number of Topliss-reactive ketones (excluding diaryl/α,β-unsaturated/α-hetero) is 1. The second-order valence-electron chi connectivity index (χ2n) is 5.93. The number of aryl methyl sites for hydroxylation is 1. The third-order valence-corrected chi connectivity index (χ3v) is 4.42. The highest BCUT2D eigenvalue weighted by Gasteiger charge is 2.45. The van der Waals surface area contributed by atoms with Crippen LogP contribution in [0.5, 0.6) is 11.5 Å². The van der Waals surface area contributed by atoms with Crippen LogP contribution in [0, 0.1) is 12.8 Å². The van der Waals surface area contributed by atoms with Gasteiger partial charge in [0.05, 0.1) is 5.92 Å². The van der Waals surface area contributed by atoms with E-state index in [9.17, 15) is 19.8 Å². The van der Waals surface area contributed by atoms with Crippen LogP contribution < -0.4 is 15.5 Å². The van der Waals surface area contributed by atoms with Crippen molar-refractivity contribution in [3.63, 3.8) is 0 Å². The molecule has 3 atom stereocenters. The van der Waals surface area contributed by atoms with E-state index < -0.39 is 23.7 Å². The van der Waals surface area contributed by atoms with Crippen molar-refractivity contribution in [2.45, 2.75) is 25.7 Å². The van der Waals surface area contributed by atoms with Gasteiger partial charge in [0.15, 0.2) is 16.8 Å². The predicted octanol–water partition coefficient (Wildman–Crippen LogP) is 0.679. The molecule has 0 radical (unpaired) electrons. The molecule has 2 aromatic rings. The third-order valence-electron chi connectivity index (χ3n) is 4.42. The molecule has 7 heteroatoms. The van der Waals surface area contributed by atoms with E-state index in [-0.39, 0.29) is 33.8 Å². The Balaban J connectivity index is 2.03. The number of carbonyl (C=O) groups excluding carboxylic acids is 1. The smallest absolute Gasteiger partial charge is 0.196 e. The van der Waals surface area contributed by atoms with Gasteiger partial charge in [0.1, 0.15) is 40.5 Å². The zero-order valence-corrected chi connectivity index (χ0v) is 12.3. The van der Waals surface area contributed by atoms with Crippen LogP contribution in [0.2, 0.25) is 0 Å². The summed E-state index contributed by atoms with van der Waals surface area (Å²) in [7, 11) is 0. The normalized spacial score (nSPS) is 26.5.